The summed E-state index contributed by atoms with van der Waals surface area (Å²) in [7, 11) is 0. The Morgan fingerprint density at radius 3 is 2.42 bits per heavy atom. The number of hydrogen-bond donors (Lipinski definition) is 3. The number of nitriles is 3. The Labute approximate surface area is 110 Å². The molecular weight excluding hydrogens is 244 g/mol. The van der Waals surface area contributed by atoms with Crippen LogP contribution in [0.25, 0.3) is 0 Å². The lowest BCUT2D eigenvalue weighted by Gasteiger charge is -2.08. The summed E-state index contributed by atoms with van der Waals surface area (Å²) in [5.41, 5.74) is 6.34. The highest BCUT2D eigenvalue weighted by Gasteiger charge is 2.21. The first-order valence-electron chi connectivity index (χ1n) is 5.59. The zero-order valence-corrected chi connectivity index (χ0v) is 10.2. The van der Waals surface area contributed by atoms with Gasteiger partial charge in [-0.2, -0.15) is 15.8 Å². The number of nitrogen functional groups attached to an aromatic ring is 1. The number of rotatable bonds is 5. The van der Waals surface area contributed by atoms with Crippen molar-refractivity contribution in [3.63, 3.8) is 0 Å². The van der Waals surface area contributed by atoms with Crippen LogP contribution in [-0.2, 0) is 6.42 Å². The molecule has 1 rings (SSSR count). The third-order valence-electron chi connectivity index (χ3n) is 2.50. The molecule has 7 heteroatoms. The number of nitrogens with two attached hydrogens (primary N) is 1. The number of nitrogens with one attached hydrogen (secondary N) is 2. The van der Waals surface area contributed by atoms with Gasteiger partial charge in [0.15, 0.2) is 0 Å². The van der Waals surface area contributed by atoms with Crippen molar-refractivity contribution in [3.05, 3.63) is 16.7 Å². The quantitative estimate of drug-likeness (QED) is 0.617. The number of pyridine rings is 1. The molecule has 19 heavy (non-hydrogen) atoms. The molecule has 0 aliphatic carbocycles. The van der Waals surface area contributed by atoms with E-state index in [0.29, 0.717) is 24.3 Å². The Balaban J connectivity index is 3.31. The minimum absolute atomic E-state index is 0.0195. The number of aliphatic hydroxyl groups is 1. The molecule has 0 atom stereocenters. The SMILES string of the molecule is N#CCc1c(C#N)c(N)[nH+]c(NCCCO)c1C#N. The average molecular weight is 257 g/mol. The predicted molar refractivity (Wildman–Crippen MR) is 66.3 cm³/mol. The fourth-order valence-electron chi connectivity index (χ4n) is 1.63. The third kappa shape index (κ3) is 3.10. The summed E-state index contributed by atoms with van der Waals surface area (Å²) >= 11 is 0. The summed E-state index contributed by atoms with van der Waals surface area (Å²) in [5.74, 6) is 0.468. The first-order chi connectivity index (χ1) is 9.19. The Bertz CT molecular complexity index is 590. The van der Waals surface area contributed by atoms with E-state index in [2.05, 4.69) is 10.3 Å². The van der Waals surface area contributed by atoms with Gasteiger partial charge in [0.2, 0.25) is 11.6 Å². The smallest absolute Gasteiger partial charge is 0.237 e. The van der Waals surface area contributed by atoms with Gasteiger partial charge in [-0.05, 0) is 0 Å². The molecule has 0 aliphatic heterocycles. The van der Waals surface area contributed by atoms with E-state index >= 15 is 0 Å². The van der Waals surface area contributed by atoms with Gasteiger partial charge in [0.1, 0.15) is 23.3 Å². The Morgan fingerprint density at radius 1 is 1.21 bits per heavy atom. The predicted octanol–water partition coefficient (Wildman–Crippen LogP) is -0.313. The van der Waals surface area contributed by atoms with E-state index in [0.717, 1.165) is 0 Å². The number of H-pyrrole nitrogens is 1. The molecule has 0 radical (unpaired) electrons. The van der Waals surface area contributed by atoms with Gasteiger partial charge in [0, 0.05) is 18.6 Å². The molecule has 0 aliphatic rings. The van der Waals surface area contributed by atoms with Gasteiger partial charge in [0.25, 0.3) is 0 Å². The van der Waals surface area contributed by atoms with Crippen molar-refractivity contribution in [2.75, 3.05) is 24.2 Å². The second kappa shape index (κ2) is 6.80. The molecule has 0 amide bonds. The van der Waals surface area contributed by atoms with Gasteiger partial charge in [-0.25, -0.2) is 4.98 Å². The maximum absolute atomic E-state index is 9.17. The minimum Gasteiger partial charge on any atom is -0.396 e. The molecule has 0 saturated carbocycles. The third-order valence-corrected chi connectivity index (χ3v) is 2.50. The fraction of sp³-hybridized carbons (Fsp3) is 0.333. The molecule has 0 unspecified atom stereocenters. The van der Waals surface area contributed by atoms with E-state index in [1.165, 1.54) is 0 Å². The monoisotopic (exact) mass is 257 g/mol. The van der Waals surface area contributed by atoms with Crippen LogP contribution >= 0.6 is 0 Å². The lowest BCUT2D eigenvalue weighted by molar-refractivity contribution is -0.343. The minimum atomic E-state index is -0.0701. The fourth-order valence-corrected chi connectivity index (χ4v) is 1.63. The van der Waals surface area contributed by atoms with Crippen molar-refractivity contribution in [2.24, 2.45) is 0 Å². The number of aromatic amines is 1. The van der Waals surface area contributed by atoms with E-state index in [-0.39, 0.29) is 30.0 Å². The highest BCUT2D eigenvalue weighted by atomic mass is 16.3. The molecule has 5 N–H and O–H groups in total. The molecule has 0 bridgehead atoms. The lowest BCUT2D eigenvalue weighted by Crippen LogP contribution is -2.23. The molecule has 1 aromatic heterocycles. The molecule has 0 fully saturated rings. The summed E-state index contributed by atoms with van der Waals surface area (Å²) in [6, 6.07) is 5.77. The van der Waals surface area contributed by atoms with Crippen molar-refractivity contribution < 1.29 is 10.1 Å². The van der Waals surface area contributed by atoms with Crippen LogP contribution in [0.3, 0.4) is 0 Å². The van der Waals surface area contributed by atoms with Crippen LogP contribution in [-0.4, -0.2) is 18.3 Å². The second-order valence-corrected chi connectivity index (χ2v) is 3.70. The molecule has 0 aromatic carbocycles. The van der Waals surface area contributed by atoms with Crippen LogP contribution in [0.15, 0.2) is 0 Å². The van der Waals surface area contributed by atoms with Crippen LogP contribution < -0.4 is 16.0 Å². The Morgan fingerprint density at radius 2 is 1.89 bits per heavy atom. The first kappa shape index (κ1) is 14.2. The molecule has 1 heterocycles. The first-order valence-corrected chi connectivity index (χ1v) is 5.59. The highest BCUT2D eigenvalue weighted by Crippen LogP contribution is 2.22. The van der Waals surface area contributed by atoms with Crippen LogP contribution in [0, 0.1) is 34.0 Å². The molecule has 7 nitrogen and oxygen atoms in total. The van der Waals surface area contributed by atoms with Crippen molar-refractivity contribution >= 4 is 11.6 Å². The van der Waals surface area contributed by atoms with E-state index < -0.39 is 0 Å². The van der Waals surface area contributed by atoms with Gasteiger partial charge < -0.3 is 16.2 Å². The second-order valence-electron chi connectivity index (χ2n) is 3.70. The average Bonchev–Trinajstić information content (AvgIpc) is 2.40. The maximum atomic E-state index is 9.17. The molecule has 0 spiro atoms. The zero-order chi connectivity index (χ0) is 14.3. The van der Waals surface area contributed by atoms with Crippen LogP contribution in [0.5, 0.6) is 0 Å². The summed E-state index contributed by atoms with van der Waals surface area (Å²) in [6.07, 6.45) is 0.436. The molecular formula is C12H13N6O+. The summed E-state index contributed by atoms with van der Waals surface area (Å²) in [4.78, 5) is 2.73. The van der Waals surface area contributed by atoms with Crippen molar-refractivity contribution in [1.29, 1.82) is 15.8 Å². The van der Waals surface area contributed by atoms with Gasteiger partial charge in [-0.1, -0.05) is 0 Å². The van der Waals surface area contributed by atoms with Gasteiger partial charge in [-0.3, -0.25) is 0 Å². The van der Waals surface area contributed by atoms with Gasteiger partial charge >= 0.3 is 0 Å². The summed E-state index contributed by atoms with van der Waals surface area (Å²) in [6.45, 7) is 0.463. The number of aromatic nitrogens is 1. The Kier molecular flexibility index (Phi) is 5.10. The largest absolute Gasteiger partial charge is 0.396 e. The summed E-state index contributed by atoms with van der Waals surface area (Å²) < 4.78 is 0. The van der Waals surface area contributed by atoms with E-state index in [1.54, 1.807) is 0 Å². The van der Waals surface area contributed by atoms with Gasteiger partial charge in [-0.15, -0.1) is 0 Å². The van der Waals surface area contributed by atoms with E-state index in [1.807, 2.05) is 18.2 Å². The van der Waals surface area contributed by atoms with E-state index in [4.69, 9.17) is 21.4 Å². The number of nitrogens with zero attached hydrogens (tertiary/aromatic N) is 3. The summed E-state index contributed by atoms with van der Waals surface area (Å²) in [5, 5.41) is 38.6. The standard InChI is InChI=1S/C12H12N6O/c13-3-2-8-9(6-14)11(16)18-12(10(8)7-15)17-4-1-5-19/h19H,1-2,4-5H2,(H3,16,17,18)/p+1. The zero-order valence-electron chi connectivity index (χ0n) is 10.2. The van der Waals surface area contributed by atoms with Crippen LogP contribution in [0.1, 0.15) is 23.1 Å². The number of anilines is 2. The molecule has 96 valence electrons. The van der Waals surface area contributed by atoms with E-state index in [9.17, 15) is 5.26 Å². The lowest BCUT2D eigenvalue weighted by atomic mass is 10.0. The Hall–Kier alpha value is -2.82. The van der Waals surface area contributed by atoms with Crippen molar-refractivity contribution in [3.8, 4) is 18.2 Å². The molecule has 1 aromatic rings. The van der Waals surface area contributed by atoms with Crippen LogP contribution in [0.4, 0.5) is 11.6 Å². The molecule has 0 saturated heterocycles. The van der Waals surface area contributed by atoms with Crippen molar-refractivity contribution in [2.45, 2.75) is 12.8 Å². The van der Waals surface area contributed by atoms with Gasteiger partial charge in [0.05, 0.1) is 19.0 Å². The normalized spacial score (nSPS) is 9.16. The topological polar surface area (TPSA) is 144 Å². The number of hydrogen-bond acceptors (Lipinski definition) is 6. The number of aliphatic hydroxyl groups excluding tert-OH is 1. The van der Waals surface area contributed by atoms with Crippen LogP contribution in [0.2, 0.25) is 0 Å². The van der Waals surface area contributed by atoms with Crippen molar-refractivity contribution in [1.82, 2.24) is 0 Å². The highest BCUT2D eigenvalue weighted by molar-refractivity contribution is 5.63. The maximum Gasteiger partial charge on any atom is 0.237 e.